The van der Waals surface area contributed by atoms with Crippen LogP contribution in [0.2, 0.25) is 0 Å². The van der Waals surface area contributed by atoms with Crippen molar-refractivity contribution in [1.29, 1.82) is 0 Å². The van der Waals surface area contributed by atoms with Crippen molar-refractivity contribution >= 4 is 15.4 Å². The largest absolute Gasteiger partial charge is 0.309 e. The fourth-order valence-electron chi connectivity index (χ4n) is 1.89. The molecule has 0 bridgehead atoms. The van der Waals surface area contributed by atoms with Crippen LogP contribution in [0.5, 0.6) is 0 Å². The van der Waals surface area contributed by atoms with Gasteiger partial charge in [-0.25, -0.2) is 0 Å². The third-order valence-electron chi connectivity index (χ3n) is 2.69. The Hall–Kier alpha value is -0.0200. The Labute approximate surface area is 82.1 Å². The lowest BCUT2D eigenvalue weighted by molar-refractivity contribution is 0.301. The van der Waals surface area contributed by atoms with Gasteiger partial charge < -0.3 is 5.32 Å². The second-order valence-corrected chi connectivity index (χ2v) is 7.48. The van der Waals surface area contributed by atoms with Crippen LogP contribution in [0, 0.1) is 0 Å². The van der Waals surface area contributed by atoms with Crippen LogP contribution in [0.1, 0.15) is 33.6 Å². The summed E-state index contributed by atoms with van der Waals surface area (Å²) in [5.41, 5.74) is 0.187. The molecule has 1 rings (SSSR count). The van der Waals surface area contributed by atoms with Crippen molar-refractivity contribution in [2.75, 3.05) is 11.5 Å². The predicted molar refractivity (Wildman–Crippen MR) is 60.9 cm³/mol. The van der Waals surface area contributed by atoms with E-state index in [0.29, 0.717) is 6.04 Å². The van der Waals surface area contributed by atoms with Crippen LogP contribution in [0.3, 0.4) is 0 Å². The topological polar surface area (TPSA) is 29.1 Å². The van der Waals surface area contributed by atoms with Crippen LogP contribution in [-0.4, -0.2) is 33.2 Å². The second kappa shape index (κ2) is 3.62. The molecule has 0 amide bonds. The summed E-state index contributed by atoms with van der Waals surface area (Å²) < 4.78 is 11.6. The molecule has 1 N–H and O–H groups in total. The van der Waals surface area contributed by atoms with Crippen molar-refractivity contribution in [3.8, 4) is 0 Å². The summed E-state index contributed by atoms with van der Waals surface area (Å²) in [4.78, 5) is 0. The smallest absolute Gasteiger partial charge is 0.0176 e. The summed E-state index contributed by atoms with van der Waals surface area (Å²) in [6.07, 6.45) is 1.99. The predicted octanol–water partition coefficient (Wildman–Crippen LogP) is 1.25. The lowest BCUT2D eigenvalue weighted by Crippen LogP contribution is -2.50. The Morgan fingerprint density at radius 1 is 1.38 bits per heavy atom. The van der Waals surface area contributed by atoms with E-state index in [9.17, 15) is 4.21 Å². The Bertz CT molecular complexity index is 253. The van der Waals surface area contributed by atoms with Crippen molar-refractivity contribution in [3.05, 3.63) is 0 Å². The molecule has 0 spiro atoms. The molecule has 1 fully saturated rings. The average Bonchev–Trinajstić information content (AvgIpc) is 1.95. The molecule has 0 aromatic rings. The minimum absolute atomic E-state index is 0.187. The molecule has 3 heteroatoms. The molecular weight excluding hydrogens is 182 g/mol. The Morgan fingerprint density at radius 2 is 1.85 bits per heavy atom. The number of rotatable bonds is 2. The molecule has 78 valence electrons. The normalized spacial score (nSPS) is 40.9. The van der Waals surface area contributed by atoms with Crippen LogP contribution in [0.4, 0.5) is 0 Å². The van der Waals surface area contributed by atoms with Crippen molar-refractivity contribution in [2.24, 2.45) is 0 Å². The first-order valence-electron chi connectivity index (χ1n) is 4.93. The monoisotopic (exact) mass is 203 g/mol. The van der Waals surface area contributed by atoms with Gasteiger partial charge in [-0.15, -0.1) is 0 Å². The summed E-state index contributed by atoms with van der Waals surface area (Å²) in [6.45, 7) is 6.53. The molecule has 0 atom stereocenters. The summed E-state index contributed by atoms with van der Waals surface area (Å²) in [7, 11) is -1.73. The van der Waals surface area contributed by atoms with Crippen molar-refractivity contribution in [2.45, 2.75) is 45.2 Å². The quantitative estimate of drug-likeness (QED) is 0.684. The number of hydrogen-bond acceptors (Lipinski definition) is 2. The van der Waals surface area contributed by atoms with Gasteiger partial charge in [0.15, 0.2) is 0 Å². The lowest BCUT2D eigenvalue weighted by Gasteiger charge is -2.37. The maximum Gasteiger partial charge on any atom is 0.0176 e. The Morgan fingerprint density at radius 3 is 2.23 bits per heavy atom. The highest BCUT2D eigenvalue weighted by Crippen LogP contribution is 2.23. The van der Waals surface area contributed by atoms with E-state index in [1.54, 1.807) is 0 Å². The zero-order valence-electron chi connectivity index (χ0n) is 8.93. The first kappa shape index (κ1) is 11.1. The molecule has 1 aliphatic heterocycles. The standard InChI is InChI=1S/C10H21NOS/c1-9(2)11-10(3)5-7-13(4,12)8-6-10/h9,11H,4-8H2,1-3H3. The van der Waals surface area contributed by atoms with E-state index in [1.165, 1.54) is 0 Å². The highest BCUT2D eigenvalue weighted by molar-refractivity contribution is 8.00. The molecule has 1 heterocycles. The SMILES string of the molecule is C=S1(=O)CCC(C)(NC(C)C)CC1. The summed E-state index contributed by atoms with van der Waals surface area (Å²) >= 11 is 0. The summed E-state index contributed by atoms with van der Waals surface area (Å²) in [6, 6.07) is 0.504. The van der Waals surface area contributed by atoms with Crippen molar-refractivity contribution in [3.63, 3.8) is 0 Å². The minimum Gasteiger partial charge on any atom is -0.309 e. The van der Waals surface area contributed by atoms with Gasteiger partial charge in [0.25, 0.3) is 0 Å². The molecule has 1 saturated heterocycles. The molecular formula is C10H21NOS. The van der Waals surface area contributed by atoms with Crippen LogP contribution in [-0.2, 0) is 9.52 Å². The molecule has 0 aromatic carbocycles. The fourth-order valence-corrected chi connectivity index (χ4v) is 3.74. The first-order valence-corrected chi connectivity index (χ1v) is 7.00. The van der Waals surface area contributed by atoms with E-state index in [1.807, 2.05) is 0 Å². The Balaban J connectivity index is 2.56. The van der Waals surface area contributed by atoms with Gasteiger partial charge in [0.05, 0.1) is 0 Å². The second-order valence-electron chi connectivity index (χ2n) is 4.73. The van der Waals surface area contributed by atoms with E-state index in [-0.39, 0.29) is 5.54 Å². The highest BCUT2D eigenvalue weighted by atomic mass is 32.2. The molecule has 0 unspecified atom stereocenters. The summed E-state index contributed by atoms with van der Waals surface area (Å²) in [5, 5.41) is 3.54. The van der Waals surface area contributed by atoms with Crippen molar-refractivity contribution < 1.29 is 4.21 Å². The van der Waals surface area contributed by atoms with E-state index in [4.69, 9.17) is 0 Å². The average molecular weight is 203 g/mol. The van der Waals surface area contributed by atoms with E-state index in [0.717, 1.165) is 24.3 Å². The van der Waals surface area contributed by atoms with Gasteiger partial charge in [-0.2, -0.15) is 0 Å². The van der Waals surface area contributed by atoms with E-state index < -0.39 is 9.52 Å². The van der Waals surface area contributed by atoms with Crippen LogP contribution >= 0.6 is 0 Å². The molecule has 0 radical (unpaired) electrons. The van der Waals surface area contributed by atoms with E-state index in [2.05, 4.69) is 32.0 Å². The van der Waals surface area contributed by atoms with Gasteiger partial charge >= 0.3 is 0 Å². The van der Waals surface area contributed by atoms with Gasteiger partial charge in [-0.05, 0) is 35.2 Å². The zero-order valence-corrected chi connectivity index (χ0v) is 9.75. The highest BCUT2D eigenvalue weighted by Gasteiger charge is 2.30. The third-order valence-corrected chi connectivity index (χ3v) is 4.59. The molecule has 0 saturated carbocycles. The Kier molecular flexibility index (Phi) is 3.08. The molecule has 2 nitrogen and oxygen atoms in total. The van der Waals surface area contributed by atoms with Crippen molar-refractivity contribution in [1.82, 2.24) is 5.32 Å². The number of hydrogen-bond donors (Lipinski definition) is 1. The van der Waals surface area contributed by atoms with E-state index >= 15 is 0 Å². The lowest BCUT2D eigenvalue weighted by atomic mass is 9.94. The van der Waals surface area contributed by atoms with Gasteiger partial charge in [0.2, 0.25) is 0 Å². The van der Waals surface area contributed by atoms with Crippen LogP contribution < -0.4 is 5.32 Å². The van der Waals surface area contributed by atoms with Gasteiger partial charge in [0, 0.05) is 23.1 Å². The molecule has 0 aromatic heterocycles. The number of nitrogens with one attached hydrogen (secondary N) is 1. The third kappa shape index (κ3) is 3.31. The zero-order chi connectivity index (χ0) is 10.1. The minimum atomic E-state index is -1.73. The molecule has 0 aliphatic carbocycles. The summed E-state index contributed by atoms with van der Waals surface area (Å²) in [5.74, 6) is 5.34. The molecule has 13 heavy (non-hydrogen) atoms. The van der Waals surface area contributed by atoms with Gasteiger partial charge in [-0.3, -0.25) is 4.21 Å². The van der Waals surface area contributed by atoms with Gasteiger partial charge in [-0.1, -0.05) is 13.8 Å². The van der Waals surface area contributed by atoms with Gasteiger partial charge in [0.1, 0.15) is 0 Å². The van der Waals surface area contributed by atoms with Crippen LogP contribution in [0.25, 0.3) is 0 Å². The van der Waals surface area contributed by atoms with Crippen LogP contribution in [0.15, 0.2) is 0 Å². The maximum absolute atomic E-state index is 11.6. The first-order chi connectivity index (χ1) is 5.83. The fraction of sp³-hybridized carbons (Fsp3) is 0.900. The molecule has 1 aliphatic rings. The maximum atomic E-state index is 11.6.